The molecular formula is C16H27N3OS. The molecule has 1 saturated carbocycles. The fourth-order valence-electron chi connectivity index (χ4n) is 3.48. The molecule has 1 saturated heterocycles. The average Bonchev–Trinajstić information content (AvgIpc) is 3.07. The van der Waals surface area contributed by atoms with Gasteiger partial charge in [0.05, 0.1) is 5.92 Å². The number of aromatic nitrogens is 2. The first-order chi connectivity index (χ1) is 10.1. The third kappa shape index (κ3) is 3.45. The molecule has 2 aliphatic rings. The second-order valence-electron chi connectivity index (χ2n) is 7.24. The van der Waals surface area contributed by atoms with Crippen molar-refractivity contribution in [3.05, 3.63) is 11.7 Å². The lowest BCUT2D eigenvalue weighted by Gasteiger charge is -2.32. The standard InChI is InChI=1S/C16H27N3OS/c1-4-17-13-10-21-9-12(13)15-18-14(19-20-15)11-5-7-16(2,3)8-6-11/h11-13,17H,4-10H2,1-3H3. The molecule has 4 nitrogen and oxygen atoms in total. The molecule has 3 rings (SSSR count). The number of thioether (sulfide) groups is 1. The van der Waals surface area contributed by atoms with Crippen LogP contribution in [0, 0.1) is 5.41 Å². The Labute approximate surface area is 131 Å². The molecule has 21 heavy (non-hydrogen) atoms. The van der Waals surface area contributed by atoms with E-state index in [0.717, 1.165) is 29.8 Å². The van der Waals surface area contributed by atoms with Gasteiger partial charge in [0.15, 0.2) is 5.82 Å². The Morgan fingerprint density at radius 2 is 2.05 bits per heavy atom. The van der Waals surface area contributed by atoms with E-state index in [4.69, 9.17) is 9.51 Å². The van der Waals surface area contributed by atoms with Crippen molar-refractivity contribution in [2.45, 2.75) is 64.3 Å². The number of hydrogen-bond donors (Lipinski definition) is 1. The largest absolute Gasteiger partial charge is 0.339 e. The summed E-state index contributed by atoms with van der Waals surface area (Å²) in [6.45, 7) is 7.88. The molecule has 2 fully saturated rings. The van der Waals surface area contributed by atoms with Gasteiger partial charge in [0, 0.05) is 23.5 Å². The van der Waals surface area contributed by atoms with Crippen LogP contribution in [0.4, 0.5) is 0 Å². The highest BCUT2D eigenvalue weighted by Gasteiger charge is 2.35. The molecule has 1 aromatic rings. The molecule has 1 aromatic heterocycles. The SMILES string of the molecule is CCNC1CSCC1c1nc(C2CCC(C)(C)CC2)no1. The number of nitrogens with one attached hydrogen (secondary N) is 1. The van der Waals surface area contributed by atoms with Gasteiger partial charge in [0.1, 0.15) is 0 Å². The molecule has 0 amide bonds. The fraction of sp³-hybridized carbons (Fsp3) is 0.875. The van der Waals surface area contributed by atoms with Crippen molar-refractivity contribution in [1.82, 2.24) is 15.5 Å². The topological polar surface area (TPSA) is 51.0 Å². The van der Waals surface area contributed by atoms with Crippen molar-refractivity contribution in [2.75, 3.05) is 18.1 Å². The molecule has 2 heterocycles. The zero-order valence-corrected chi connectivity index (χ0v) is 14.2. The van der Waals surface area contributed by atoms with Crippen molar-refractivity contribution in [2.24, 2.45) is 5.41 Å². The van der Waals surface area contributed by atoms with Gasteiger partial charge >= 0.3 is 0 Å². The molecule has 2 unspecified atom stereocenters. The summed E-state index contributed by atoms with van der Waals surface area (Å²) in [5.74, 6) is 4.93. The summed E-state index contributed by atoms with van der Waals surface area (Å²) in [4.78, 5) is 4.77. The van der Waals surface area contributed by atoms with Crippen LogP contribution >= 0.6 is 11.8 Å². The van der Waals surface area contributed by atoms with Crippen molar-refractivity contribution >= 4 is 11.8 Å². The van der Waals surface area contributed by atoms with Crippen LogP contribution < -0.4 is 5.32 Å². The van der Waals surface area contributed by atoms with E-state index in [2.05, 4.69) is 31.2 Å². The Hall–Kier alpha value is -0.550. The Kier molecular flexibility index (Phi) is 4.60. The zero-order valence-electron chi connectivity index (χ0n) is 13.4. The molecule has 0 bridgehead atoms. The van der Waals surface area contributed by atoms with Gasteiger partial charge in [0.2, 0.25) is 5.89 Å². The van der Waals surface area contributed by atoms with E-state index < -0.39 is 0 Å². The molecule has 2 atom stereocenters. The highest BCUT2D eigenvalue weighted by atomic mass is 32.2. The predicted molar refractivity (Wildman–Crippen MR) is 86.8 cm³/mol. The summed E-state index contributed by atoms with van der Waals surface area (Å²) in [5.41, 5.74) is 0.487. The molecule has 0 spiro atoms. The van der Waals surface area contributed by atoms with Gasteiger partial charge in [-0.2, -0.15) is 16.7 Å². The van der Waals surface area contributed by atoms with E-state index >= 15 is 0 Å². The Balaban J connectivity index is 1.66. The van der Waals surface area contributed by atoms with Crippen molar-refractivity contribution in [3.63, 3.8) is 0 Å². The fourth-order valence-corrected chi connectivity index (χ4v) is 4.85. The van der Waals surface area contributed by atoms with Crippen LogP contribution in [0.15, 0.2) is 4.52 Å². The van der Waals surface area contributed by atoms with Crippen LogP contribution in [0.5, 0.6) is 0 Å². The molecule has 0 aromatic carbocycles. The molecule has 118 valence electrons. The monoisotopic (exact) mass is 309 g/mol. The van der Waals surface area contributed by atoms with E-state index in [1.807, 2.05) is 11.8 Å². The first-order valence-electron chi connectivity index (χ1n) is 8.23. The summed E-state index contributed by atoms with van der Waals surface area (Å²) >= 11 is 1.98. The smallest absolute Gasteiger partial charge is 0.232 e. The second-order valence-corrected chi connectivity index (χ2v) is 8.31. The highest BCUT2D eigenvalue weighted by Crippen LogP contribution is 2.42. The van der Waals surface area contributed by atoms with Gasteiger partial charge in [-0.15, -0.1) is 0 Å². The number of rotatable bonds is 4. The van der Waals surface area contributed by atoms with Gasteiger partial charge < -0.3 is 9.84 Å². The molecule has 1 N–H and O–H groups in total. The van der Waals surface area contributed by atoms with E-state index in [9.17, 15) is 0 Å². The van der Waals surface area contributed by atoms with Crippen molar-refractivity contribution in [3.8, 4) is 0 Å². The third-order valence-electron chi connectivity index (χ3n) is 5.03. The van der Waals surface area contributed by atoms with E-state index in [0.29, 0.717) is 23.3 Å². The maximum Gasteiger partial charge on any atom is 0.232 e. The highest BCUT2D eigenvalue weighted by molar-refractivity contribution is 7.99. The lowest BCUT2D eigenvalue weighted by Crippen LogP contribution is -2.34. The van der Waals surface area contributed by atoms with Gasteiger partial charge in [0.25, 0.3) is 0 Å². The van der Waals surface area contributed by atoms with Crippen LogP contribution in [0.1, 0.15) is 70.0 Å². The minimum atomic E-state index is 0.385. The minimum Gasteiger partial charge on any atom is -0.339 e. The summed E-state index contributed by atoms with van der Waals surface area (Å²) < 4.78 is 5.62. The van der Waals surface area contributed by atoms with E-state index in [-0.39, 0.29) is 0 Å². The summed E-state index contributed by atoms with van der Waals surface area (Å²) in [5, 5.41) is 7.85. The van der Waals surface area contributed by atoms with Gasteiger partial charge in [-0.25, -0.2) is 0 Å². The quantitative estimate of drug-likeness (QED) is 0.921. The predicted octanol–water partition coefficient (Wildman–Crippen LogP) is 3.56. The van der Waals surface area contributed by atoms with E-state index in [1.165, 1.54) is 25.7 Å². The summed E-state index contributed by atoms with van der Waals surface area (Å²) in [6, 6.07) is 0.485. The molecule has 1 aliphatic carbocycles. The van der Waals surface area contributed by atoms with Crippen LogP contribution in [-0.4, -0.2) is 34.2 Å². The lowest BCUT2D eigenvalue weighted by molar-refractivity contribution is 0.218. The normalized spacial score (nSPS) is 29.9. The number of hydrogen-bond acceptors (Lipinski definition) is 5. The molecule has 0 radical (unpaired) electrons. The van der Waals surface area contributed by atoms with Crippen LogP contribution in [-0.2, 0) is 0 Å². The third-order valence-corrected chi connectivity index (χ3v) is 6.22. The lowest BCUT2D eigenvalue weighted by atomic mass is 9.73. The molecular weight excluding hydrogens is 282 g/mol. The first-order valence-corrected chi connectivity index (χ1v) is 9.39. The first kappa shape index (κ1) is 15.3. The molecule has 1 aliphatic heterocycles. The Morgan fingerprint density at radius 3 is 2.76 bits per heavy atom. The van der Waals surface area contributed by atoms with Crippen molar-refractivity contribution in [1.29, 1.82) is 0 Å². The summed E-state index contributed by atoms with van der Waals surface area (Å²) in [6.07, 6.45) is 4.92. The van der Waals surface area contributed by atoms with Crippen LogP contribution in [0.2, 0.25) is 0 Å². The molecule has 5 heteroatoms. The van der Waals surface area contributed by atoms with E-state index in [1.54, 1.807) is 0 Å². The average molecular weight is 309 g/mol. The summed E-state index contributed by atoms with van der Waals surface area (Å²) in [7, 11) is 0. The Morgan fingerprint density at radius 1 is 1.29 bits per heavy atom. The number of likely N-dealkylation sites (N-methyl/N-ethyl adjacent to an activating group) is 1. The van der Waals surface area contributed by atoms with Gasteiger partial charge in [-0.1, -0.05) is 25.9 Å². The minimum absolute atomic E-state index is 0.385. The van der Waals surface area contributed by atoms with Crippen molar-refractivity contribution < 1.29 is 4.52 Å². The van der Waals surface area contributed by atoms with Gasteiger partial charge in [-0.05, 0) is 37.6 Å². The van der Waals surface area contributed by atoms with Crippen LogP contribution in [0.25, 0.3) is 0 Å². The van der Waals surface area contributed by atoms with Crippen LogP contribution in [0.3, 0.4) is 0 Å². The van der Waals surface area contributed by atoms with Gasteiger partial charge in [-0.3, -0.25) is 0 Å². The maximum atomic E-state index is 5.62. The second kappa shape index (κ2) is 6.29. The zero-order chi connectivity index (χ0) is 14.9. The number of nitrogens with zero attached hydrogens (tertiary/aromatic N) is 2. The Bertz CT molecular complexity index is 464. The maximum absolute atomic E-state index is 5.62.